The Morgan fingerprint density at radius 1 is 1.30 bits per heavy atom. The van der Waals surface area contributed by atoms with Gasteiger partial charge in [-0.05, 0) is 36.8 Å². The summed E-state index contributed by atoms with van der Waals surface area (Å²) in [6.45, 7) is 1.52. The van der Waals surface area contributed by atoms with Crippen LogP contribution in [-0.2, 0) is 10.3 Å². The van der Waals surface area contributed by atoms with Gasteiger partial charge in [-0.25, -0.2) is 0 Å². The molecule has 2 aromatic rings. The van der Waals surface area contributed by atoms with Crippen molar-refractivity contribution >= 4 is 23.4 Å². The molecule has 0 aliphatic heterocycles. The minimum absolute atomic E-state index is 0.0968. The van der Waals surface area contributed by atoms with E-state index in [1.165, 1.54) is 19.3 Å². The summed E-state index contributed by atoms with van der Waals surface area (Å²) in [4.78, 5) is 23.8. The van der Waals surface area contributed by atoms with E-state index in [4.69, 9.17) is 21.8 Å². The van der Waals surface area contributed by atoms with Gasteiger partial charge in [0.25, 0.3) is 5.91 Å². The van der Waals surface area contributed by atoms with E-state index >= 15 is 0 Å². The topological polar surface area (TPSA) is 85.3 Å². The van der Waals surface area contributed by atoms with Gasteiger partial charge in [0.1, 0.15) is 5.54 Å². The summed E-state index contributed by atoms with van der Waals surface area (Å²) in [6, 6.07) is 9.66. The van der Waals surface area contributed by atoms with Crippen LogP contribution in [0.15, 0.2) is 47.1 Å². The molecule has 2 rings (SSSR count). The van der Waals surface area contributed by atoms with Crippen molar-refractivity contribution in [2.24, 2.45) is 5.73 Å². The van der Waals surface area contributed by atoms with Crippen LogP contribution in [0.5, 0.6) is 0 Å². The van der Waals surface area contributed by atoms with Gasteiger partial charge in [0.15, 0.2) is 5.76 Å². The fourth-order valence-electron chi connectivity index (χ4n) is 1.77. The van der Waals surface area contributed by atoms with Crippen molar-refractivity contribution in [2.75, 3.05) is 0 Å². The zero-order chi connectivity index (χ0) is 14.8. The van der Waals surface area contributed by atoms with E-state index in [0.717, 1.165) is 0 Å². The molecule has 0 aliphatic rings. The summed E-state index contributed by atoms with van der Waals surface area (Å²) in [5.41, 5.74) is 4.54. The summed E-state index contributed by atoms with van der Waals surface area (Å²) in [7, 11) is 0. The molecule has 0 aliphatic carbocycles. The van der Waals surface area contributed by atoms with Crippen LogP contribution in [0.25, 0.3) is 0 Å². The lowest BCUT2D eigenvalue weighted by molar-refractivity contribution is -0.123. The Hall–Kier alpha value is -2.27. The van der Waals surface area contributed by atoms with Crippen molar-refractivity contribution in [3.05, 3.63) is 59.0 Å². The van der Waals surface area contributed by atoms with Crippen molar-refractivity contribution in [3.63, 3.8) is 0 Å². The van der Waals surface area contributed by atoms with E-state index in [9.17, 15) is 9.59 Å². The molecule has 6 heteroatoms. The van der Waals surface area contributed by atoms with E-state index < -0.39 is 17.4 Å². The predicted octanol–water partition coefficient (Wildman–Crippen LogP) is 2.06. The number of furan rings is 1. The molecule has 5 nitrogen and oxygen atoms in total. The number of halogens is 1. The summed E-state index contributed by atoms with van der Waals surface area (Å²) in [6.07, 6.45) is 1.37. The van der Waals surface area contributed by atoms with Gasteiger partial charge in [-0.2, -0.15) is 0 Å². The largest absolute Gasteiger partial charge is 0.459 e. The molecular weight excluding hydrogens is 280 g/mol. The highest BCUT2D eigenvalue weighted by Gasteiger charge is 2.36. The quantitative estimate of drug-likeness (QED) is 0.904. The van der Waals surface area contributed by atoms with Crippen LogP contribution in [-0.4, -0.2) is 11.8 Å². The van der Waals surface area contributed by atoms with Crippen LogP contribution in [0.3, 0.4) is 0 Å². The van der Waals surface area contributed by atoms with Crippen molar-refractivity contribution in [2.45, 2.75) is 12.5 Å². The number of rotatable bonds is 4. The molecular formula is C14H13ClN2O3. The fraction of sp³-hybridized carbons (Fsp3) is 0.143. The van der Waals surface area contributed by atoms with Gasteiger partial charge < -0.3 is 15.5 Å². The van der Waals surface area contributed by atoms with Crippen LogP contribution in [0.4, 0.5) is 0 Å². The Balaban J connectivity index is 2.35. The summed E-state index contributed by atoms with van der Waals surface area (Å²) in [5.74, 6) is -1.13. The molecule has 0 fully saturated rings. The average Bonchev–Trinajstić information content (AvgIpc) is 2.92. The minimum atomic E-state index is -1.38. The first-order valence-electron chi connectivity index (χ1n) is 5.85. The fourth-order valence-corrected chi connectivity index (χ4v) is 1.96. The number of nitrogens with two attached hydrogens (primary N) is 1. The van der Waals surface area contributed by atoms with E-state index in [2.05, 4.69) is 5.32 Å². The van der Waals surface area contributed by atoms with Crippen LogP contribution in [0.2, 0.25) is 5.02 Å². The number of hydrogen-bond donors (Lipinski definition) is 2. The molecule has 1 aromatic heterocycles. The maximum absolute atomic E-state index is 12.0. The van der Waals surface area contributed by atoms with Crippen molar-refractivity contribution in [1.82, 2.24) is 5.32 Å². The summed E-state index contributed by atoms with van der Waals surface area (Å²) < 4.78 is 4.99. The van der Waals surface area contributed by atoms with E-state index in [1.807, 2.05) is 0 Å². The third-order valence-electron chi connectivity index (χ3n) is 3.00. The molecule has 1 aromatic carbocycles. The Morgan fingerprint density at radius 2 is 2.05 bits per heavy atom. The Kier molecular flexibility index (Phi) is 3.81. The monoisotopic (exact) mass is 292 g/mol. The van der Waals surface area contributed by atoms with E-state index in [-0.39, 0.29) is 5.76 Å². The van der Waals surface area contributed by atoms with Crippen molar-refractivity contribution < 1.29 is 14.0 Å². The number of carbonyl (C=O) groups excluding carboxylic acids is 2. The standard InChI is InChI=1S/C14H13ClN2O3/c1-14(13(16)19,9-4-2-5-10(15)8-9)17-12(18)11-6-3-7-20-11/h2-8H,1H3,(H2,16,19)(H,17,18). The smallest absolute Gasteiger partial charge is 0.288 e. The van der Waals surface area contributed by atoms with Gasteiger partial charge in [0, 0.05) is 5.02 Å². The number of nitrogens with one attached hydrogen (secondary N) is 1. The number of amides is 2. The highest BCUT2D eigenvalue weighted by molar-refractivity contribution is 6.30. The third-order valence-corrected chi connectivity index (χ3v) is 3.24. The molecule has 0 bridgehead atoms. The van der Waals surface area contributed by atoms with Crippen LogP contribution in [0.1, 0.15) is 23.0 Å². The maximum Gasteiger partial charge on any atom is 0.288 e. The van der Waals surface area contributed by atoms with Crippen LogP contribution in [0, 0.1) is 0 Å². The lowest BCUT2D eigenvalue weighted by Crippen LogP contribution is -2.52. The second-order valence-corrected chi connectivity index (χ2v) is 4.87. The molecule has 3 N–H and O–H groups in total. The van der Waals surface area contributed by atoms with Gasteiger partial charge in [-0.15, -0.1) is 0 Å². The molecule has 0 saturated heterocycles. The second kappa shape index (κ2) is 5.38. The maximum atomic E-state index is 12.0. The molecule has 1 atom stereocenters. The first kappa shape index (κ1) is 14.1. The highest BCUT2D eigenvalue weighted by Crippen LogP contribution is 2.24. The van der Waals surface area contributed by atoms with Gasteiger partial charge in [0.2, 0.25) is 5.91 Å². The molecule has 1 unspecified atom stereocenters. The number of hydrogen-bond acceptors (Lipinski definition) is 3. The molecule has 104 valence electrons. The first-order valence-corrected chi connectivity index (χ1v) is 6.23. The second-order valence-electron chi connectivity index (χ2n) is 4.43. The summed E-state index contributed by atoms with van der Waals surface area (Å²) in [5, 5.41) is 3.02. The van der Waals surface area contributed by atoms with Gasteiger partial charge in [0.05, 0.1) is 6.26 Å². The van der Waals surface area contributed by atoms with E-state index in [1.54, 1.807) is 30.3 Å². The average molecular weight is 293 g/mol. The first-order chi connectivity index (χ1) is 9.43. The molecule has 0 radical (unpaired) electrons. The Labute approximate surface area is 120 Å². The molecule has 1 heterocycles. The highest BCUT2D eigenvalue weighted by atomic mass is 35.5. The number of benzene rings is 1. The van der Waals surface area contributed by atoms with Gasteiger partial charge in [-0.3, -0.25) is 9.59 Å². The lowest BCUT2D eigenvalue weighted by Gasteiger charge is -2.27. The normalized spacial score (nSPS) is 13.5. The molecule has 0 spiro atoms. The number of carbonyl (C=O) groups is 2. The Bertz CT molecular complexity index is 640. The summed E-state index contributed by atoms with van der Waals surface area (Å²) >= 11 is 5.91. The predicted molar refractivity (Wildman–Crippen MR) is 74.2 cm³/mol. The molecule has 2 amide bonds. The van der Waals surface area contributed by atoms with Gasteiger partial charge in [-0.1, -0.05) is 23.7 Å². The zero-order valence-electron chi connectivity index (χ0n) is 10.7. The SMILES string of the molecule is CC(NC(=O)c1ccco1)(C(N)=O)c1cccc(Cl)c1. The lowest BCUT2D eigenvalue weighted by atomic mass is 9.91. The van der Waals surface area contributed by atoms with Gasteiger partial charge >= 0.3 is 0 Å². The van der Waals surface area contributed by atoms with Crippen LogP contribution >= 0.6 is 11.6 Å². The molecule has 0 saturated carbocycles. The van der Waals surface area contributed by atoms with Crippen LogP contribution < -0.4 is 11.1 Å². The van der Waals surface area contributed by atoms with E-state index in [0.29, 0.717) is 10.6 Å². The van der Waals surface area contributed by atoms with Crippen molar-refractivity contribution in [1.29, 1.82) is 0 Å². The molecule has 20 heavy (non-hydrogen) atoms. The minimum Gasteiger partial charge on any atom is -0.459 e. The third kappa shape index (κ3) is 2.67. The number of primary amides is 1. The zero-order valence-corrected chi connectivity index (χ0v) is 11.5. The Morgan fingerprint density at radius 3 is 2.60 bits per heavy atom. The van der Waals surface area contributed by atoms with Crippen molar-refractivity contribution in [3.8, 4) is 0 Å².